The molecule has 0 spiro atoms. The summed E-state index contributed by atoms with van der Waals surface area (Å²) in [6.07, 6.45) is 1.45. The number of benzene rings is 1. The van der Waals surface area contributed by atoms with Crippen LogP contribution in [-0.2, 0) is 9.53 Å². The molecule has 2 rings (SSSR count). The zero-order chi connectivity index (χ0) is 16.9. The summed E-state index contributed by atoms with van der Waals surface area (Å²) >= 11 is 1.17. The lowest BCUT2D eigenvalue weighted by Crippen LogP contribution is -2.33. The van der Waals surface area contributed by atoms with Gasteiger partial charge >= 0.3 is 11.9 Å². The first kappa shape index (κ1) is 17.0. The maximum absolute atomic E-state index is 12.0. The first-order valence-corrected chi connectivity index (χ1v) is 7.79. The van der Waals surface area contributed by atoms with Crippen molar-refractivity contribution in [3.05, 3.63) is 41.4 Å². The van der Waals surface area contributed by atoms with Crippen LogP contribution in [0.25, 0.3) is 0 Å². The van der Waals surface area contributed by atoms with Crippen LogP contribution in [0.4, 0.5) is 5.13 Å². The van der Waals surface area contributed by atoms with E-state index in [-0.39, 0.29) is 5.97 Å². The van der Waals surface area contributed by atoms with Gasteiger partial charge in [0, 0.05) is 6.54 Å². The highest BCUT2D eigenvalue weighted by Gasteiger charge is 2.28. The zero-order valence-corrected chi connectivity index (χ0v) is 14.0. The van der Waals surface area contributed by atoms with Crippen LogP contribution in [0.2, 0.25) is 0 Å². The molecule has 0 aliphatic heterocycles. The number of rotatable bonds is 6. The van der Waals surface area contributed by atoms with Gasteiger partial charge in [-0.2, -0.15) is 0 Å². The van der Waals surface area contributed by atoms with E-state index in [1.165, 1.54) is 24.6 Å². The van der Waals surface area contributed by atoms with Crippen molar-refractivity contribution >= 4 is 28.4 Å². The maximum Gasteiger partial charge on any atom is 0.355 e. The fraction of sp³-hybridized carbons (Fsp3) is 0.312. The Kier molecular flexibility index (Phi) is 5.33. The lowest BCUT2D eigenvalue weighted by atomic mass is 9.94. The Balaban J connectivity index is 1.95. The van der Waals surface area contributed by atoms with Crippen molar-refractivity contribution in [2.75, 3.05) is 19.0 Å². The van der Waals surface area contributed by atoms with E-state index in [0.717, 1.165) is 0 Å². The fourth-order valence-electron chi connectivity index (χ4n) is 1.74. The second kappa shape index (κ2) is 7.23. The van der Waals surface area contributed by atoms with Gasteiger partial charge in [0.25, 0.3) is 0 Å². The van der Waals surface area contributed by atoms with Crippen molar-refractivity contribution in [1.29, 1.82) is 0 Å². The first-order valence-electron chi connectivity index (χ1n) is 6.98. The number of nitrogens with one attached hydrogen (secondary N) is 1. The molecule has 0 saturated heterocycles. The van der Waals surface area contributed by atoms with E-state index in [1.54, 1.807) is 38.1 Å². The number of aromatic nitrogens is 1. The van der Waals surface area contributed by atoms with E-state index < -0.39 is 11.4 Å². The van der Waals surface area contributed by atoms with Gasteiger partial charge < -0.3 is 14.8 Å². The molecule has 0 aliphatic carbocycles. The van der Waals surface area contributed by atoms with E-state index in [2.05, 4.69) is 10.3 Å². The van der Waals surface area contributed by atoms with Gasteiger partial charge in [0.05, 0.1) is 18.7 Å². The molecule has 0 radical (unpaired) electrons. The molecule has 6 nitrogen and oxygen atoms in total. The summed E-state index contributed by atoms with van der Waals surface area (Å²) in [5.74, 6) is -0.300. The molecule has 0 bridgehead atoms. The highest BCUT2D eigenvalue weighted by atomic mass is 32.1. The molecule has 0 saturated carbocycles. The van der Waals surface area contributed by atoms with Gasteiger partial charge in [-0.3, -0.25) is 4.79 Å². The number of methoxy groups -OCH3 is 1. The molecule has 2 aromatic rings. The van der Waals surface area contributed by atoms with Gasteiger partial charge in [-0.05, 0) is 26.0 Å². The summed E-state index contributed by atoms with van der Waals surface area (Å²) in [7, 11) is 1.35. The van der Waals surface area contributed by atoms with E-state index >= 15 is 0 Å². The molecule has 1 aromatic carbocycles. The van der Waals surface area contributed by atoms with E-state index in [9.17, 15) is 9.59 Å². The molecular formula is C16H18N2O4S. The summed E-state index contributed by atoms with van der Waals surface area (Å²) < 4.78 is 9.99. The molecule has 0 unspecified atom stereocenters. The van der Waals surface area contributed by atoms with Crippen molar-refractivity contribution in [2.24, 2.45) is 5.41 Å². The Labute approximate surface area is 138 Å². The van der Waals surface area contributed by atoms with E-state index in [1.807, 2.05) is 6.07 Å². The van der Waals surface area contributed by atoms with E-state index in [4.69, 9.17) is 9.47 Å². The largest absolute Gasteiger partial charge is 0.469 e. The Morgan fingerprint density at radius 2 is 1.96 bits per heavy atom. The molecule has 0 aliphatic rings. The number of ether oxygens (including phenoxy) is 2. The zero-order valence-electron chi connectivity index (χ0n) is 13.2. The molecule has 1 heterocycles. The standard InChI is InChI=1S/C16H18N2O4S/c1-16(2,14(20)21-3)10-18-15-17-9-12(23-15)13(19)22-11-7-5-4-6-8-11/h4-9H,10H2,1-3H3,(H,17,18). The molecule has 122 valence electrons. The predicted octanol–water partition coefficient (Wildman–Crippen LogP) is 2.97. The van der Waals surface area contributed by atoms with Gasteiger partial charge in [-0.15, -0.1) is 0 Å². The average molecular weight is 334 g/mol. The van der Waals surface area contributed by atoms with Crippen molar-refractivity contribution in [3.63, 3.8) is 0 Å². The van der Waals surface area contributed by atoms with Crippen LogP contribution < -0.4 is 10.1 Å². The smallest absolute Gasteiger partial charge is 0.355 e. The van der Waals surface area contributed by atoms with Gasteiger partial charge in [0.1, 0.15) is 10.6 Å². The van der Waals surface area contributed by atoms with Crippen molar-refractivity contribution in [3.8, 4) is 5.75 Å². The highest BCUT2D eigenvalue weighted by Crippen LogP contribution is 2.23. The van der Waals surface area contributed by atoms with Crippen LogP contribution in [0.1, 0.15) is 23.5 Å². The Morgan fingerprint density at radius 1 is 1.26 bits per heavy atom. The van der Waals surface area contributed by atoms with Crippen molar-refractivity contribution < 1.29 is 19.1 Å². The number of hydrogen-bond acceptors (Lipinski definition) is 7. The lowest BCUT2D eigenvalue weighted by molar-refractivity contribution is -0.149. The average Bonchev–Trinajstić information content (AvgIpc) is 3.02. The summed E-state index contributed by atoms with van der Waals surface area (Å²) in [6.45, 7) is 3.88. The third kappa shape index (κ3) is 4.53. The third-order valence-electron chi connectivity index (χ3n) is 3.08. The molecular weight excluding hydrogens is 316 g/mol. The molecule has 0 atom stereocenters. The quantitative estimate of drug-likeness (QED) is 0.646. The molecule has 7 heteroatoms. The normalized spacial score (nSPS) is 10.9. The number of thiazole rings is 1. The maximum atomic E-state index is 12.0. The number of hydrogen-bond donors (Lipinski definition) is 1. The van der Waals surface area contributed by atoms with Crippen LogP contribution in [0.15, 0.2) is 36.5 Å². The highest BCUT2D eigenvalue weighted by molar-refractivity contribution is 7.17. The molecule has 1 aromatic heterocycles. The Morgan fingerprint density at radius 3 is 2.61 bits per heavy atom. The van der Waals surface area contributed by atoms with Crippen LogP contribution in [0.3, 0.4) is 0 Å². The van der Waals surface area contributed by atoms with Crippen molar-refractivity contribution in [2.45, 2.75) is 13.8 Å². The van der Waals surface area contributed by atoms with Gasteiger partial charge in [-0.1, -0.05) is 29.5 Å². The minimum absolute atomic E-state index is 0.315. The topological polar surface area (TPSA) is 77.5 Å². The third-order valence-corrected chi connectivity index (χ3v) is 4.02. The van der Waals surface area contributed by atoms with Crippen LogP contribution in [0, 0.1) is 5.41 Å². The number of nitrogens with zero attached hydrogens (tertiary/aromatic N) is 1. The summed E-state index contributed by atoms with van der Waals surface area (Å²) in [6, 6.07) is 8.83. The Bertz CT molecular complexity index is 682. The Hall–Kier alpha value is -2.41. The lowest BCUT2D eigenvalue weighted by Gasteiger charge is -2.21. The number of para-hydroxylation sites is 1. The molecule has 0 amide bonds. The predicted molar refractivity (Wildman–Crippen MR) is 87.8 cm³/mol. The number of esters is 2. The SMILES string of the molecule is COC(=O)C(C)(C)CNc1ncc(C(=O)Oc2ccccc2)s1. The van der Waals surface area contributed by atoms with Crippen LogP contribution >= 0.6 is 11.3 Å². The number of carbonyl (C=O) groups is 2. The number of carbonyl (C=O) groups excluding carboxylic acids is 2. The minimum atomic E-state index is -0.689. The van der Waals surface area contributed by atoms with Crippen molar-refractivity contribution in [1.82, 2.24) is 4.98 Å². The second-order valence-corrected chi connectivity index (χ2v) is 6.49. The second-order valence-electron chi connectivity index (χ2n) is 5.46. The molecule has 23 heavy (non-hydrogen) atoms. The fourth-order valence-corrected chi connectivity index (χ4v) is 2.43. The monoisotopic (exact) mass is 334 g/mol. The number of anilines is 1. The minimum Gasteiger partial charge on any atom is -0.469 e. The van der Waals surface area contributed by atoms with Crippen LogP contribution in [-0.4, -0.2) is 30.6 Å². The summed E-state index contributed by atoms with van der Waals surface area (Å²) in [5, 5.41) is 3.58. The molecule has 1 N–H and O–H groups in total. The van der Waals surface area contributed by atoms with Gasteiger partial charge in [-0.25, -0.2) is 9.78 Å². The first-order chi connectivity index (χ1) is 10.9. The van der Waals surface area contributed by atoms with E-state index in [0.29, 0.717) is 22.3 Å². The summed E-state index contributed by atoms with van der Waals surface area (Å²) in [5.41, 5.74) is -0.689. The summed E-state index contributed by atoms with van der Waals surface area (Å²) in [4.78, 5) is 28.2. The van der Waals surface area contributed by atoms with Gasteiger partial charge in [0.15, 0.2) is 5.13 Å². The van der Waals surface area contributed by atoms with Gasteiger partial charge in [0.2, 0.25) is 0 Å². The molecule has 0 fully saturated rings. The van der Waals surface area contributed by atoms with Crippen LogP contribution in [0.5, 0.6) is 5.75 Å².